The lowest BCUT2D eigenvalue weighted by molar-refractivity contribution is -0.385. The maximum Gasteiger partial charge on any atom is 0.287 e. The zero-order chi connectivity index (χ0) is 14.5. The van der Waals surface area contributed by atoms with Crippen LogP contribution in [0.4, 0.5) is 11.5 Å². The first-order chi connectivity index (χ1) is 9.60. The van der Waals surface area contributed by atoms with Gasteiger partial charge in [-0.1, -0.05) is 6.92 Å². The summed E-state index contributed by atoms with van der Waals surface area (Å²) in [5.74, 6) is 0.770. The molecule has 1 fully saturated rings. The molecule has 0 amide bonds. The molecule has 1 unspecified atom stereocenters. The summed E-state index contributed by atoms with van der Waals surface area (Å²) in [5.41, 5.74) is 0.0125. The predicted molar refractivity (Wildman–Crippen MR) is 75.8 cm³/mol. The van der Waals surface area contributed by atoms with Gasteiger partial charge in [-0.2, -0.15) is 0 Å². The van der Waals surface area contributed by atoms with E-state index in [1.807, 2.05) is 6.92 Å². The highest BCUT2D eigenvalue weighted by Gasteiger charge is 2.20. The Morgan fingerprint density at radius 3 is 2.60 bits per heavy atom. The minimum Gasteiger partial charge on any atom is -0.392 e. The fourth-order valence-electron chi connectivity index (χ4n) is 2.26. The second kappa shape index (κ2) is 6.62. The van der Waals surface area contributed by atoms with Crippen LogP contribution in [0.3, 0.4) is 0 Å². The number of piperazine rings is 1. The first-order valence-electron chi connectivity index (χ1n) is 6.86. The Hall–Kier alpha value is -1.73. The van der Waals surface area contributed by atoms with E-state index >= 15 is 0 Å². The minimum atomic E-state index is -0.444. The number of aliphatic hydroxyl groups is 1. The van der Waals surface area contributed by atoms with E-state index in [4.69, 9.17) is 0 Å². The number of aromatic nitrogens is 1. The average Bonchev–Trinajstić information content (AvgIpc) is 2.48. The monoisotopic (exact) mass is 280 g/mol. The van der Waals surface area contributed by atoms with Crippen LogP contribution in [-0.2, 0) is 0 Å². The molecule has 1 atom stereocenters. The van der Waals surface area contributed by atoms with E-state index in [0.29, 0.717) is 6.54 Å². The fourth-order valence-corrected chi connectivity index (χ4v) is 2.26. The third kappa shape index (κ3) is 3.64. The highest BCUT2D eigenvalue weighted by Crippen LogP contribution is 2.17. The Labute approximate surface area is 118 Å². The molecule has 1 saturated heterocycles. The van der Waals surface area contributed by atoms with Crippen molar-refractivity contribution >= 4 is 11.5 Å². The lowest BCUT2D eigenvalue weighted by Gasteiger charge is -2.36. The molecule has 1 aliphatic rings. The highest BCUT2D eigenvalue weighted by atomic mass is 16.6. The van der Waals surface area contributed by atoms with Gasteiger partial charge in [-0.3, -0.25) is 15.0 Å². The fraction of sp³-hybridized carbons (Fsp3) is 0.615. The molecule has 1 aromatic heterocycles. The second-order valence-electron chi connectivity index (χ2n) is 4.98. The first-order valence-corrected chi connectivity index (χ1v) is 6.86. The predicted octanol–water partition coefficient (Wildman–Crippen LogP) is 0.883. The Morgan fingerprint density at radius 2 is 2.10 bits per heavy atom. The topological polar surface area (TPSA) is 82.7 Å². The summed E-state index contributed by atoms with van der Waals surface area (Å²) in [4.78, 5) is 18.6. The first kappa shape index (κ1) is 14.7. The summed E-state index contributed by atoms with van der Waals surface area (Å²) in [7, 11) is 0. The number of aliphatic hydroxyl groups excluding tert-OH is 1. The van der Waals surface area contributed by atoms with Crippen molar-refractivity contribution in [3.05, 3.63) is 28.4 Å². The van der Waals surface area contributed by atoms with Crippen LogP contribution in [0.1, 0.15) is 13.3 Å². The molecule has 0 aliphatic carbocycles. The maximum atomic E-state index is 10.6. The minimum absolute atomic E-state index is 0.0125. The van der Waals surface area contributed by atoms with E-state index in [0.717, 1.165) is 38.4 Å². The van der Waals surface area contributed by atoms with Crippen molar-refractivity contribution in [3.63, 3.8) is 0 Å². The molecule has 0 saturated carbocycles. The van der Waals surface area contributed by atoms with Gasteiger partial charge in [0.1, 0.15) is 12.0 Å². The summed E-state index contributed by atoms with van der Waals surface area (Å²) in [6, 6.07) is 3.17. The van der Waals surface area contributed by atoms with Crippen LogP contribution < -0.4 is 4.90 Å². The molecule has 2 heterocycles. The SMILES string of the molecule is CCC(O)CN1CCN(c2ccc([N+](=O)[O-])cn2)CC1. The number of rotatable bonds is 5. The molecule has 0 bridgehead atoms. The summed E-state index contributed by atoms with van der Waals surface area (Å²) in [6.45, 7) is 6.06. The molecule has 110 valence electrons. The smallest absolute Gasteiger partial charge is 0.287 e. The van der Waals surface area contributed by atoms with Gasteiger partial charge in [-0.25, -0.2) is 4.98 Å². The van der Waals surface area contributed by atoms with Crippen LogP contribution in [0.15, 0.2) is 18.3 Å². The second-order valence-corrected chi connectivity index (χ2v) is 4.98. The van der Waals surface area contributed by atoms with Crippen molar-refractivity contribution in [3.8, 4) is 0 Å². The Bertz CT molecular complexity index is 443. The highest BCUT2D eigenvalue weighted by molar-refractivity contribution is 5.43. The number of pyridine rings is 1. The number of hydrogen-bond donors (Lipinski definition) is 1. The molecule has 0 aromatic carbocycles. The number of nitro groups is 1. The molecule has 1 aliphatic heterocycles. The van der Waals surface area contributed by atoms with Crippen molar-refractivity contribution in [2.45, 2.75) is 19.4 Å². The Balaban J connectivity index is 1.88. The van der Waals surface area contributed by atoms with Crippen LogP contribution >= 0.6 is 0 Å². The average molecular weight is 280 g/mol. The number of β-amino-alcohol motifs (C(OH)–C–C–N with tert-alkyl or cyclic N) is 1. The van der Waals surface area contributed by atoms with Gasteiger partial charge in [-0.05, 0) is 12.5 Å². The van der Waals surface area contributed by atoms with Gasteiger partial charge in [0.15, 0.2) is 0 Å². The van der Waals surface area contributed by atoms with E-state index in [1.54, 1.807) is 6.07 Å². The number of nitrogens with zero attached hydrogens (tertiary/aromatic N) is 4. The quantitative estimate of drug-likeness (QED) is 0.637. The van der Waals surface area contributed by atoms with Crippen molar-refractivity contribution < 1.29 is 10.0 Å². The zero-order valence-corrected chi connectivity index (χ0v) is 11.6. The molecule has 7 heteroatoms. The van der Waals surface area contributed by atoms with Crippen molar-refractivity contribution in [2.75, 3.05) is 37.6 Å². The molecule has 1 N–H and O–H groups in total. The summed E-state index contributed by atoms with van der Waals surface area (Å²) < 4.78 is 0. The lowest BCUT2D eigenvalue weighted by atomic mass is 10.2. The molecule has 7 nitrogen and oxygen atoms in total. The van der Waals surface area contributed by atoms with Crippen molar-refractivity contribution in [1.29, 1.82) is 0 Å². The molecule has 2 rings (SSSR count). The largest absolute Gasteiger partial charge is 0.392 e. The van der Waals surface area contributed by atoms with Gasteiger partial charge < -0.3 is 10.0 Å². The third-order valence-corrected chi connectivity index (χ3v) is 3.58. The van der Waals surface area contributed by atoms with Crippen molar-refractivity contribution in [2.24, 2.45) is 0 Å². The molecule has 0 spiro atoms. The standard InChI is InChI=1S/C13H20N4O3/c1-2-12(18)10-15-5-7-16(8-6-15)13-4-3-11(9-14-13)17(19)20/h3-4,9,12,18H,2,5-8,10H2,1H3. The van der Waals surface area contributed by atoms with E-state index in [-0.39, 0.29) is 11.8 Å². The van der Waals surface area contributed by atoms with Gasteiger partial charge in [0.2, 0.25) is 0 Å². The molecule has 0 radical (unpaired) electrons. The number of hydrogen-bond acceptors (Lipinski definition) is 6. The number of anilines is 1. The molecular formula is C13H20N4O3. The molecule has 20 heavy (non-hydrogen) atoms. The van der Waals surface area contributed by atoms with Gasteiger partial charge in [0.25, 0.3) is 5.69 Å². The summed E-state index contributed by atoms with van der Waals surface area (Å²) in [6.07, 6.45) is 1.80. The van der Waals surface area contributed by atoms with Crippen LogP contribution in [0.2, 0.25) is 0 Å². The van der Waals surface area contributed by atoms with Gasteiger partial charge in [0.05, 0.1) is 11.0 Å². The maximum absolute atomic E-state index is 10.6. The van der Waals surface area contributed by atoms with Crippen LogP contribution in [0.5, 0.6) is 0 Å². The zero-order valence-electron chi connectivity index (χ0n) is 11.6. The lowest BCUT2D eigenvalue weighted by Crippen LogP contribution is -2.48. The van der Waals surface area contributed by atoms with E-state index in [1.165, 1.54) is 12.3 Å². The van der Waals surface area contributed by atoms with Crippen molar-refractivity contribution in [1.82, 2.24) is 9.88 Å². The van der Waals surface area contributed by atoms with Crippen LogP contribution in [0, 0.1) is 10.1 Å². The summed E-state index contributed by atoms with van der Waals surface area (Å²) in [5, 5.41) is 20.2. The molecule has 1 aromatic rings. The van der Waals surface area contributed by atoms with Crippen LogP contribution in [-0.4, -0.2) is 58.7 Å². The van der Waals surface area contributed by atoms with Gasteiger partial charge in [-0.15, -0.1) is 0 Å². The van der Waals surface area contributed by atoms with E-state index in [2.05, 4.69) is 14.8 Å². The van der Waals surface area contributed by atoms with E-state index < -0.39 is 4.92 Å². The normalized spacial score (nSPS) is 18.0. The van der Waals surface area contributed by atoms with Gasteiger partial charge in [0, 0.05) is 38.8 Å². The van der Waals surface area contributed by atoms with Gasteiger partial charge >= 0.3 is 0 Å². The van der Waals surface area contributed by atoms with Crippen LogP contribution in [0.25, 0.3) is 0 Å². The van der Waals surface area contributed by atoms with E-state index in [9.17, 15) is 15.2 Å². The molecular weight excluding hydrogens is 260 g/mol. The third-order valence-electron chi connectivity index (χ3n) is 3.58. The summed E-state index contributed by atoms with van der Waals surface area (Å²) >= 11 is 0. The Morgan fingerprint density at radius 1 is 1.40 bits per heavy atom. The Kier molecular flexibility index (Phi) is 4.86.